The van der Waals surface area contributed by atoms with Gasteiger partial charge in [0.1, 0.15) is 5.75 Å². The van der Waals surface area contributed by atoms with Gasteiger partial charge in [0.05, 0.1) is 0 Å². The van der Waals surface area contributed by atoms with Gasteiger partial charge >= 0.3 is 6.03 Å². The number of piperidine rings is 1. The van der Waals surface area contributed by atoms with Crippen molar-refractivity contribution < 1.29 is 19.1 Å². The largest absolute Gasteiger partial charge is 0.484 e. The van der Waals surface area contributed by atoms with E-state index in [1.54, 1.807) is 29.2 Å². The Bertz CT molecular complexity index is 812. The molecule has 174 valence electrons. The first-order valence-electron chi connectivity index (χ1n) is 11.5. The molecule has 9 heteroatoms. The average molecular weight is 463 g/mol. The minimum Gasteiger partial charge on any atom is -0.484 e. The predicted molar refractivity (Wildman–Crippen MR) is 121 cm³/mol. The third-order valence-electron chi connectivity index (χ3n) is 6.61. The van der Waals surface area contributed by atoms with Crippen LogP contribution in [-0.2, 0) is 9.59 Å². The molecule has 3 aliphatic heterocycles. The fourth-order valence-electron chi connectivity index (χ4n) is 4.63. The fraction of sp³-hybridized carbons (Fsp3) is 0.609. The van der Waals surface area contributed by atoms with Gasteiger partial charge in [-0.1, -0.05) is 11.6 Å². The van der Waals surface area contributed by atoms with E-state index in [1.165, 1.54) is 0 Å². The maximum atomic E-state index is 13.0. The summed E-state index contributed by atoms with van der Waals surface area (Å²) in [6, 6.07) is 7.03. The highest BCUT2D eigenvalue weighted by molar-refractivity contribution is 6.30. The van der Waals surface area contributed by atoms with Crippen LogP contribution in [0, 0.1) is 5.92 Å². The number of likely N-dealkylation sites (tertiary alicyclic amines) is 2. The molecule has 0 N–H and O–H groups in total. The molecule has 3 aliphatic rings. The predicted octanol–water partition coefficient (Wildman–Crippen LogP) is 2.32. The van der Waals surface area contributed by atoms with Gasteiger partial charge in [0.2, 0.25) is 5.91 Å². The number of ether oxygens (including phenoxy) is 1. The van der Waals surface area contributed by atoms with Crippen LogP contribution in [0.15, 0.2) is 24.3 Å². The average Bonchev–Trinajstić information content (AvgIpc) is 3.38. The van der Waals surface area contributed by atoms with E-state index in [1.807, 2.05) is 14.7 Å². The Balaban J connectivity index is 1.18. The van der Waals surface area contributed by atoms with Crippen LogP contribution >= 0.6 is 11.6 Å². The van der Waals surface area contributed by atoms with E-state index in [0.717, 1.165) is 25.9 Å². The summed E-state index contributed by atoms with van der Waals surface area (Å²) in [5, 5.41) is 0.619. The lowest BCUT2D eigenvalue weighted by molar-refractivity contribution is -0.143. The summed E-state index contributed by atoms with van der Waals surface area (Å²) in [7, 11) is 0. The highest BCUT2D eigenvalue weighted by atomic mass is 35.5. The van der Waals surface area contributed by atoms with Crippen molar-refractivity contribution in [2.45, 2.75) is 25.7 Å². The molecule has 3 heterocycles. The maximum absolute atomic E-state index is 13.0. The van der Waals surface area contributed by atoms with E-state index in [0.29, 0.717) is 62.9 Å². The Morgan fingerprint density at radius 1 is 0.781 bits per heavy atom. The summed E-state index contributed by atoms with van der Waals surface area (Å²) in [4.78, 5) is 45.4. The minimum absolute atomic E-state index is 0.0287. The van der Waals surface area contributed by atoms with Crippen molar-refractivity contribution in [2.24, 2.45) is 5.92 Å². The summed E-state index contributed by atoms with van der Waals surface area (Å²) >= 11 is 5.86. The van der Waals surface area contributed by atoms with Gasteiger partial charge in [0.15, 0.2) is 6.61 Å². The molecule has 0 bridgehead atoms. The molecule has 0 aromatic heterocycles. The Labute approximate surface area is 194 Å². The first-order chi connectivity index (χ1) is 15.5. The van der Waals surface area contributed by atoms with Crippen molar-refractivity contribution >= 4 is 29.4 Å². The molecule has 0 atom stereocenters. The zero-order chi connectivity index (χ0) is 22.5. The van der Waals surface area contributed by atoms with Crippen LogP contribution in [0.5, 0.6) is 5.75 Å². The number of amides is 4. The Hall–Kier alpha value is -2.48. The van der Waals surface area contributed by atoms with Crippen molar-refractivity contribution in [2.75, 3.05) is 59.0 Å². The summed E-state index contributed by atoms with van der Waals surface area (Å²) in [5.41, 5.74) is 0. The highest BCUT2D eigenvalue weighted by Crippen LogP contribution is 2.23. The second kappa shape index (κ2) is 10.4. The molecule has 4 amide bonds. The molecule has 0 aliphatic carbocycles. The van der Waals surface area contributed by atoms with Gasteiger partial charge in [-0.05, 0) is 49.9 Å². The second-order valence-corrected chi connectivity index (χ2v) is 9.12. The van der Waals surface area contributed by atoms with Crippen LogP contribution in [0.25, 0.3) is 0 Å². The van der Waals surface area contributed by atoms with Crippen molar-refractivity contribution in [3.63, 3.8) is 0 Å². The molecule has 3 saturated heterocycles. The van der Waals surface area contributed by atoms with E-state index < -0.39 is 0 Å². The number of piperazine rings is 1. The summed E-state index contributed by atoms with van der Waals surface area (Å²) in [5.74, 6) is 0.641. The second-order valence-electron chi connectivity index (χ2n) is 8.69. The molecule has 0 radical (unpaired) electrons. The number of carbonyl (C=O) groups excluding carboxylic acids is 3. The van der Waals surface area contributed by atoms with Crippen LogP contribution in [0.1, 0.15) is 25.7 Å². The Morgan fingerprint density at radius 2 is 1.34 bits per heavy atom. The van der Waals surface area contributed by atoms with Crippen molar-refractivity contribution in [3.8, 4) is 5.75 Å². The number of hydrogen-bond donors (Lipinski definition) is 0. The maximum Gasteiger partial charge on any atom is 0.319 e. The lowest BCUT2D eigenvalue weighted by Crippen LogP contribution is -2.54. The first kappa shape index (κ1) is 22.7. The number of carbonyl (C=O) groups is 3. The summed E-state index contributed by atoms with van der Waals surface area (Å²) < 4.78 is 5.55. The molecule has 32 heavy (non-hydrogen) atoms. The molecule has 0 unspecified atom stereocenters. The Kier molecular flexibility index (Phi) is 7.40. The lowest BCUT2D eigenvalue weighted by atomic mass is 9.95. The van der Waals surface area contributed by atoms with Gasteiger partial charge in [0.25, 0.3) is 5.91 Å². The van der Waals surface area contributed by atoms with Crippen molar-refractivity contribution in [3.05, 3.63) is 29.3 Å². The van der Waals surface area contributed by atoms with Gasteiger partial charge in [-0.3, -0.25) is 9.59 Å². The van der Waals surface area contributed by atoms with Gasteiger partial charge < -0.3 is 24.3 Å². The van der Waals surface area contributed by atoms with E-state index in [2.05, 4.69) is 0 Å². The zero-order valence-corrected chi connectivity index (χ0v) is 19.1. The van der Waals surface area contributed by atoms with E-state index in [9.17, 15) is 14.4 Å². The third kappa shape index (κ3) is 5.46. The molecule has 4 rings (SSSR count). The molecule has 1 aromatic rings. The van der Waals surface area contributed by atoms with Crippen molar-refractivity contribution in [1.29, 1.82) is 0 Å². The van der Waals surface area contributed by atoms with E-state index in [4.69, 9.17) is 16.3 Å². The van der Waals surface area contributed by atoms with Crippen LogP contribution < -0.4 is 4.74 Å². The molecule has 0 spiro atoms. The Morgan fingerprint density at radius 3 is 1.97 bits per heavy atom. The van der Waals surface area contributed by atoms with Gasteiger partial charge in [-0.15, -0.1) is 0 Å². The quantitative estimate of drug-likeness (QED) is 0.688. The molecule has 8 nitrogen and oxygen atoms in total. The van der Waals surface area contributed by atoms with E-state index >= 15 is 0 Å². The van der Waals surface area contributed by atoms with Crippen LogP contribution in [0.4, 0.5) is 4.79 Å². The number of urea groups is 1. The SMILES string of the molecule is O=C(COc1ccc(Cl)cc1)N1CCN(C(=O)C2CCN(C(=O)N3CCCC3)CC2)CC1. The molecule has 0 saturated carbocycles. The monoisotopic (exact) mass is 462 g/mol. The first-order valence-corrected chi connectivity index (χ1v) is 11.9. The number of benzene rings is 1. The van der Waals surface area contributed by atoms with Gasteiger partial charge in [0, 0.05) is 63.3 Å². The normalized spacial score (nSPS) is 19.9. The van der Waals surface area contributed by atoms with Gasteiger partial charge in [-0.2, -0.15) is 0 Å². The molecule has 3 fully saturated rings. The van der Waals surface area contributed by atoms with Gasteiger partial charge in [-0.25, -0.2) is 4.79 Å². The number of halogens is 1. The fourth-order valence-corrected chi connectivity index (χ4v) is 4.75. The summed E-state index contributed by atoms with van der Waals surface area (Å²) in [6.07, 6.45) is 3.60. The molecular formula is C23H31ClN4O4. The topological polar surface area (TPSA) is 73.4 Å². The molecule has 1 aromatic carbocycles. The lowest BCUT2D eigenvalue weighted by Gasteiger charge is -2.39. The van der Waals surface area contributed by atoms with Crippen LogP contribution in [-0.4, -0.2) is 96.4 Å². The van der Waals surface area contributed by atoms with E-state index in [-0.39, 0.29) is 30.4 Å². The number of nitrogens with zero attached hydrogens (tertiary/aromatic N) is 4. The summed E-state index contributed by atoms with van der Waals surface area (Å²) in [6.45, 7) is 5.08. The smallest absolute Gasteiger partial charge is 0.319 e. The standard InChI is InChI=1S/C23H31ClN4O4/c24-19-3-5-20(6-4-19)32-17-21(29)25-13-15-26(16-14-25)22(30)18-7-11-28(12-8-18)23(31)27-9-1-2-10-27/h3-6,18H,1-2,7-17H2. The van der Waals surface area contributed by atoms with Crippen molar-refractivity contribution in [1.82, 2.24) is 19.6 Å². The third-order valence-corrected chi connectivity index (χ3v) is 6.86. The minimum atomic E-state index is -0.0826. The molecular weight excluding hydrogens is 432 g/mol. The van der Waals surface area contributed by atoms with Crippen LogP contribution in [0.2, 0.25) is 5.02 Å². The highest BCUT2D eigenvalue weighted by Gasteiger charge is 2.33. The zero-order valence-electron chi connectivity index (χ0n) is 18.4. The number of hydrogen-bond acceptors (Lipinski definition) is 4. The number of rotatable bonds is 4. The van der Waals surface area contributed by atoms with Crippen LogP contribution in [0.3, 0.4) is 0 Å².